The van der Waals surface area contributed by atoms with Crippen molar-refractivity contribution < 1.29 is 20.1 Å². The number of aliphatic hydroxyl groups excluding tert-OH is 3. The number of unbranched alkanes of at least 4 members (excludes halogenated alkanes) is 48. The van der Waals surface area contributed by atoms with E-state index in [0.29, 0.717) is 6.42 Å². The topological polar surface area (TPSA) is 89.8 Å². The minimum atomic E-state index is -1.11. The van der Waals surface area contributed by atoms with Crippen LogP contribution in [0.3, 0.4) is 0 Å². The van der Waals surface area contributed by atoms with Gasteiger partial charge in [-0.25, -0.2) is 0 Å². The SMILES string of the molecule is CCCCCCCCCCCCCCCC/C=C/CC/C=C/CC/C=C/C(O)C(CO)NC(=O)C(O)CCCCCCCCCCCCCCCCCC/C=C\CCCCCCCCCCCCCCCCCC. The summed E-state index contributed by atoms with van der Waals surface area (Å²) in [5, 5.41) is 33.4. The number of carbonyl (C=O) groups excluding carboxylic acids is 1. The van der Waals surface area contributed by atoms with Crippen molar-refractivity contribution in [3.8, 4) is 0 Å². The maximum absolute atomic E-state index is 12.6. The van der Waals surface area contributed by atoms with Crippen LogP contribution in [0, 0.1) is 0 Å². The largest absolute Gasteiger partial charge is 0.394 e. The quantitative estimate of drug-likeness (QED) is 0.0361. The molecule has 0 aliphatic carbocycles. The summed E-state index contributed by atoms with van der Waals surface area (Å²) in [5.74, 6) is -0.512. The van der Waals surface area contributed by atoms with E-state index in [9.17, 15) is 20.1 Å². The first-order valence-corrected chi connectivity index (χ1v) is 33.5. The zero-order chi connectivity index (χ0) is 53.6. The number of hydrogen-bond acceptors (Lipinski definition) is 4. The number of aliphatic hydroxyl groups is 3. The second kappa shape index (κ2) is 63.8. The summed E-state index contributed by atoms with van der Waals surface area (Å²) in [5.41, 5.74) is 0. The highest BCUT2D eigenvalue weighted by atomic mass is 16.3. The predicted octanol–water partition coefficient (Wildman–Crippen LogP) is 21.5. The smallest absolute Gasteiger partial charge is 0.249 e. The average Bonchev–Trinajstić information content (AvgIpc) is 3.41. The molecule has 0 aliphatic heterocycles. The highest BCUT2D eigenvalue weighted by Gasteiger charge is 2.22. The zero-order valence-electron chi connectivity index (χ0n) is 50.0. The van der Waals surface area contributed by atoms with Gasteiger partial charge in [0.2, 0.25) is 5.91 Å². The van der Waals surface area contributed by atoms with Crippen molar-refractivity contribution in [3.63, 3.8) is 0 Å². The molecule has 0 fully saturated rings. The summed E-state index contributed by atoms with van der Waals surface area (Å²) >= 11 is 0. The first-order valence-electron chi connectivity index (χ1n) is 33.5. The van der Waals surface area contributed by atoms with E-state index in [1.165, 1.54) is 295 Å². The lowest BCUT2D eigenvalue weighted by atomic mass is 10.0. The monoisotopic (exact) mass is 1040 g/mol. The van der Waals surface area contributed by atoms with Gasteiger partial charge in [-0.1, -0.05) is 339 Å². The summed E-state index contributed by atoms with van der Waals surface area (Å²) in [4.78, 5) is 12.6. The van der Waals surface area contributed by atoms with Crippen molar-refractivity contribution in [1.82, 2.24) is 5.32 Å². The van der Waals surface area contributed by atoms with Crippen molar-refractivity contribution in [3.05, 3.63) is 48.6 Å². The minimum Gasteiger partial charge on any atom is -0.394 e. The first kappa shape index (κ1) is 72.3. The van der Waals surface area contributed by atoms with Crippen LogP contribution in [0.4, 0.5) is 0 Å². The third kappa shape index (κ3) is 58.0. The van der Waals surface area contributed by atoms with Crippen molar-refractivity contribution in [2.75, 3.05) is 6.61 Å². The molecule has 0 heterocycles. The Labute approximate surface area is 463 Å². The molecule has 3 unspecified atom stereocenters. The van der Waals surface area contributed by atoms with Gasteiger partial charge in [0.05, 0.1) is 18.8 Å². The van der Waals surface area contributed by atoms with E-state index in [1.54, 1.807) is 6.08 Å². The molecule has 436 valence electrons. The summed E-state index contributed by atoms with van der Waals surface area (Å²) in [7, 11) is 0. The fraction of sp³-hybridized carbons (Fsp3) is 0.870. The molecule has 0 aromatic heterocycles. The molecule has 5 heteroatoms. The van der Waals surface area contributed by atoms with Gasteiger partial charge in [-0.3, -0.25) is 4.79 Å². The first-order chi connectivity index (χ1) is 36.6. The van der Waals surface area contributed by atoms with Crippen LogP contribution in [0.5, 0.6) is 0 Å². The standard InChI is InChI=1S/C69H131NO4/c1-3-5-7-9-11-13-15-17-19-21-23-25-27-29-30-31-32-33-34-35-36-37-38-39-40-42-44-46-48-50-52-54-56-58-60-62-64-68(73)69(74)70-66(65-71)67(72)63-61-59-57-55-53-51-49-47-45-43-41-28-26-24-22-20-18-16-14-12-10-8-6-4-2/h33-34,45,47,53,55,61,63,66-68,71-73H,3-32,35-44,46,48-52,54,56-60,62,64-65H2,1-2H3,(H,70,74)/b34-33-,47-45+,55-53+,63-61+. The van der Waals surface area contributed by atoms with Gasteiger partial charge in [-0.2, -0.15) is 0 Å². The molecule has 0 saturated heterocycles. The van der Waals surface area contributed by atoms with Crippen LogP contribution >= 0.6 is 0 Å². The maximum Gasteiger partial charge on any atom is 0.249 e. The Morgan fingerprint density at radius 2 is 0.554 bits per heavy atom. The maximum atomic E-state index is 12.6. The molecule has 0 aromatic rings. The Morgan fingerprint density at radius 1 is 0.324 bits per heavy atom. The molecule has 1 amide bonds. The fourth-order valence-electron chi connectivity index (χ4n) is 10.5. The average molecular weight is 1040 g/mol. The van der Waals surface area contributed by atoms with E-state index in [1.807, 2.05) is 6.08 Å². The number of nitrogens with one attached hydrogen (secondary N) is 1. The van der Waals surface area contributed by atoms with E-state index >= 15 is 0 Å². The highest BCUT2D eigenvalue weighted by Crippen LogP contribution is 2.18. The number of allylic oxidation sites excluding steroid dienone is 7. The van der Waals surface area contributed by atoms with Crippen molar-refractivity contribution in [2.24, 2.45) is 0 Å². The van der Waals surface area contributed by atoms with Crippen LogP contribution in [0.2, 0.25) is 0 Å². The number of carbonyl (C=O) groups is 1. The Morgan fingerprint density at radius 3 is 0.824 bits per heavy atom. The van der Waals surface area contributed by atoms with Gasteiger partial charge in [0.25, 0.3) is 0 Å². The Hall–Kier alpha value is -1.69. The van der Waals surface area contributed by atoms with Crippen LogP contribution in [0.25, 0.3) is 0 Å². The van der Waals surface area contributed by atoms with E-state index in [0.717, 1.165) is 44.9 Å². The molecule has 3 atom stereocenters. The molecule has 74 heavy (non-hydrogen) atoms. The summed E-state index contributed by atoms with van der Waals surface area (Å²) in [6.07, 6.45) is 86.7. The van der Waals surface area contributed by atoms with E-state index < -0.39 is 24.2 Å². The lowest BCUT2D eigenvalue weighted by Gasteiger charge is -2.21. The zero-order valence-corrected chi connectivity index (χ0v) is 50.0. The van der Waals surface area contributed by atoms with Crippen molar-refractivity contribution >= 4 is 5.91 Å². The molecule has 0 rings (SSSR count). The predicted molar refractivity (Wildman–Crippen MR) is 328 cm³/mol. The van der Waals surface area contributed by atoms with E-state index in [4.69, 9.17) is 0 Å². The molecule has 5 nitrogen and oxygen atoms in total. The molecule has 0 saturated carbocycles. The van der Waals surface area contributed by atoms with Gasteiger partial charge in [0.15, 0.2) is 0 Å². The van der Waals surface area contributed by atoms with Gasteiger partial charge >= 0.3 is 0 Å². The van der Waals surface area contributed by atoms with Crippen LogP contribution in [-0.2, 0) is 4.79 Å². The number of rotatable bonds is 62. The Bertz CT molecular complexity index is 1190. The van der Waals surface area contributed by atoms with Crippen molar-refractivity contribution in [2.45, 2.75) is 379 Å². The Balaban J connectivity index is 3.54. The summed E-state index contributed by atoms with van der Waals surface area (Å²) < 4.78 is 0. The second-order valence-electron chi connectivity index (χ2n) is 23.0. The Kier molecular flexibility index (Phi) is 62.4. The van der Waals surface area contributed by atoms with Gasteiger partial charge in [-0.05, 0) is 70.6 Å². The molecule has 0 bridgehead atoms. The fourth-order valence-corrected chi connectivity index (χ4v) is 10.5. The van der Waals surface area contributed by atoms with Gasteiger partial charge in [-0.15, -0.1) is 0 Å². The third-order valence-electron chi connectivity index (χ3n) is 15.6. The van der Waals surface area contributed by atoms with Crippen LogP contribution in [0.1, 0.15) is 361 Å². The number of hydrogen-bond donors (Lipinski definition) is 4. The molecule has 0 aliphatic rings. The molecular formula is C69H131NO4. The highest BCUT2D eigenvalue weighted by molar-refractivity contribution is 5.80. The molecule has 0 radical (unpaired) electrons. The van der Waals surface area contributed by atoms with E-state index in [2.05, 4.69) is 55.6 Å². The summed E-state index contributed by atoms with van der Waals surface area (Å²) in [6, 6.07) is -0.823. The minimum absolute atomic E-state index is 0.380. The van der Waals surface area contributed by atoms with Gasteiger partial charge in [0.1, 0.15) is 6.10 Å². The van der Waals surface area contributed by atoms with Crippen molar-refractivity contribution in [1.29, 1.82) is 0 Å². The molecule has 0 spiro atoms. The normalized spacial score (nSPS) is 13.4. The summed E-state index contributed by atoms with van der Waals surface area (Å²) in [6.45, 7) is 4.21. The van der Waals surface area contributed by atoms with Crippen LogP contribution in [0.15, 0.2) is 48.6 Å². The lowest BCUT2D eigenvalue weighted by Crippen LogP contribution is -2.48. The molecule has 0 aromatic carbocycles. The molecular weight excluding hydrogens is 907 g/mol. The van der Waals surface area contributed by atoms with Gasteiger partial charge in [0, 0.05) is 0 Å². The second-order valence-corrected chi connectivity index (χ2v) is 23.0. The van der Waals surface area contributed by atoms with Gasteiger partial charge < -0.3 is 20.6 Å². The lowest BCUT2D eigenvalue weighted by molar-refractivity contribution is -0.131. The van der Waals surface area contributed by atoms with Crippen LogP contribution < -0.4 is 5.32 Å². The van der Waals surface area contributed by atoms with Crippen LogP contribution in [-0.4, -0.2) is 46.1 Å². The molecule has 4 N–H and O–H groups in total. The third-order valence-corrected chi connectivity index (χ3v) is 15.6. The van der Waals surface area contributed by atoms with E-state index in [-0.39, 0.29) is 6.61 Å². The number of amides is 1.